The highest BCUT2D eigenvalue weighted by Crippen LogP contribution is 2.49. The Kier molecular flexibility index (Phi) is 2.52. The molecule has 0 amide bonds. The van der Waals surface area contributed by atoms with Gasteiger partial charge >= 0.3 is 0 Å². The molecular weight excluding hydrogens is 188 g/mol. The molecule has 0 aromatic carbocycles. The molecule has 3 nitrogen and oxygen atoms in total. The Hall–Kier alpha value is -0.590. The third-order valence-corrected chi connectivity index (χ3v) is 4.35. The molecule has 2 aliphatic carbocycles. The Morgan fingerprint density at radius 2 is 2.13 bits per heavy atom. The molecule has 0 aromatic rings. The van der Waals surface area contributed by atoms with E-state index in [0.717, 1.165) is 13.0 Å². The Balaban J connectivity index is 1.78. The lowest BCUT2D eigenvalue weighted by Gasteiger charge is -2.50. The summed E-state index contributed by atoms with van der Waals surface area (Å²) in [5, 5.41) is 21.8. The van der Waals surface area contributed by atoms with Crippen LogP contribution in [0, 0.1) is 22.2 Å². The van der Waals surface area contributed by atoms with E-state index in [-0.39, 0.29) is 16.9 Å². The van der Waals surface area contributed by atoms with Crippen molar-refractivity contribution in [1.82, 2.24) is 5.32 Å². The van der Waals surface area contributed by atoms with Crippen molar-refractivity contribution < 1.29 is 5.11 Å². The molecule has 0 heterocycles. The zero-order valence-corrected chi connectivity index (χ0v) is 9.58. The highest BCUT2D eigenvalue weighted by atomic mass is 16.3. The lowest BCUT2D eigenvalue weighted by atomic mass is 9.64. The van der Waals surface area contributed by atoms with Gasteiger partial charge in [-0.15, -0.1) is 0 Å². The quantitative estimate of drug-likeness (QED) is 0.735. The van der Waals surface area contributed by atoms with Crippen LogP contribution in [-0.4, -0.2) is 23.8 Å². The van der Waals surface area contributed by atoms with Crippen LogP contribution in [0.1, 0.15) is 39.5 Å². The number of aliphatic hydroxyl groups is 1. The summed E-state index contributed by atoms with van der Waals surface area (Å²) in [6.45, 7) is 5.15. The fourth-order valence-corrected chi connectivity index (χ4v) is 2.35. The van der Waals surface area contributed by atoms with Crippen molar-refractivity contribution in [3.8, 4) is 6.07 Å². The van der Waals surface area contributed by atoms with E-state index in [1.165, 1.54) is 12.8 Å². The number of hydrogen-bond acceptors (Lipinski definition) is 3. The maximum absolute atomic E-state index is 9.60. The zero-order chi connectivity index (χ0) is 11.1. The molecule has 0 aromatic heterocycles. The van der Waals surface area contributed by atoms with Gasteiger partial charge in [-0.2, -0.15) is 5.26 Å². The van der Waals surface area contributed by atoms with Crippen molar-refractivity contribution in [2.24, 2.45) is 10.8 Å². The topological polar surface area (TPSA) is 56.0 Å². The van der Waals surface area contributed by atoms with Crippen LogP contribution in [0.5, 0.6) is 0 Å². The zero-order valence-electron chi connectivity index (χ0n) is 9.58. The van der Waals surface area contributed by atoms with Crippen LogP contribution >= 0.6 is 0 Å². The Labute approximate surface area is 91.5 Å². The minimum Gasteiger partial charge on any atom is -0.392 e. The highest BCUT2D eigenvalue weighted by Gasteiger charge is 2.49. The van der Waals surface area contributed by atoms with Gasteiger partial charge in [0, 0.05) is 24.4 Å². The molecule has 3 heteroatoms. The molecule has 2 fully saturated rings. The number of hydrogen-bond donors (Lipinski definition) is 2. The van der Waals surface area contributed by atoms with E-state index in [1.807, 2.05) is 0 Å². The first-order chi connectivity index (χ1) is 7.00. The highest BCUT2D eigenvalue weighted by molar-refractivity contribution is 5.05. The van der Waals surface area contributed by atoms with Gasteiger partial charge in [-0.05, 0) is 24.7 Å². The number of rotatable bonds is 4. The average molecular weight is 208 g/mol. The summed E-state index contributed by atoms with van der Waals surface area (Å²) in [5.74, 6) is 0. The van der Waals surface area contributed by atoms with Crippen LogP contribution in [-0.2, 0) is 0 Å². The van der Waals surface area contributed by atoms with E-state index in [9.17, 15) is 5.11 Å². The SMILES string of the molecule is CC1(C)C(O)CC1NCC1(CC#N)CC1. The Bertz CT molecular complexity index is 288. The molecule has 2 atom stereocenters. The van der Waals surface area contributed by atoms with Crippen LogP contribution in [0.4, 0.5) is 0 Å². The smallest absolute Gasteiger partial charge is 0.0628 e. The third kappa shape index (κ3) is 1.89. The predicted octanol–water partition coefficient (Wildman–Crippen LogP) is 1.43. The molecule has 2 saturated carbocycles. The molecule has 2 N–H and O–H groups in total. The first-order valence-electron chi connectivity index (χ1n) is 5.79. The van der Waals surface area contributed by atoms with E-state index >= 15 is 0 Å². The van der Waals surface area contributed by atoms with Gasteiger partial charge in [-0.3, -0.25) is 0 Å². The van der Waals surface area contributed by atoms with Crippen LogP contribution in [0.3, 0.4) is 0 Å². The van der Waals surface area contributed by atoms with E-state index < -0.39 is 0 Å². The second-order valence-corrected chi connectivity index (χ2v) is 5.84. The lowest BCUT2D eigenvalue weighted by molar-refractivity contribution is -0.0735. The Morgan fingerprint density at radius 3 is 2.53 bits per heavy atom. The summed E-state index contributed by atoms with van der Waals surface area (Å²) in [7, 11) is 0. The monoisotopic (exact) mass is 208 g/mol. The van der Waals surface area contributed by atoms with E-state index in [2.05, 4.69) is 25.2 Å². The van der Waals surface area contributed by atoms with Crippen molar-refractivity contribution >= 4 is 0 Å². The summed E-state index contributed by atoms with van der Waals surface area (Å²) in [6, 6.07) is 2.69. The van der Waals surface area contributed by atoms with Crippen molar-refractivity contribution in [2.45, 2.75) is 51.7 Å². The number of aliphatic hydroxyl groups excluding tert-OH is 1. The van der Waals surface area contributed by atoms with E-state index in [0.29, 0.717) is 12.5 Å². The maximum Gasteiger partial charge on any atom is 0.0628 e. The molecule has 2 aliphatic rings. The van der Waals surface area contributed by atoms with Crippen LogP contribution in [0.15, 0.2) is 0 Å². The predicted molar refractivity (Wildman–Crippen MR) is 58.1 cm³/mol. The van der Waals surface area contributed by atoms with Gasteiger partial charge in [0.1, 0.15) is 0 Å². The van der Waals surface area contributed by atoms with Gasteiger partial charge in [0.15, 0.2) is 0 Å². The molecule has 0 spiro atoms. The molecule has 2 unspecified atom stereocenters. The molecule has 84 valence electrons. The second-order valence-electron chi connectivity index (χ2n) is 5.84. The maximum atomic E-state index is 9.60. The summed E-state index contributed by atoms with van der Waals surface area (Å²) < 4.78 is 0. The van der Waals surface area contributed by atoms with Crippen molar-refractivity contribution in [1.29, 1.82) is 5.26 Å². The average Bonchev–Trinajstić information content (AvgIpc) is 2.93. The van der Waals surface area contributed by atoms with Crippen molar-refractivity contribution in [3.63, 3.8) is 0 Å². The molecule has 2 rings (SSSR count). The standard InChI is InChI=1S/C12H20N2O/c1-11(2)9(7-10(11)15)14-8-12(3-4-12)5-6-13/h9-10,14-15H,3-5,7-8H2,1-2H3. The number of nitriles is 1. The summed E-state index contributed by atoms with van der Waals surface area (Å²) in [4.78, 5) is 0. The number of nitrogens with zero attached hydrogens (tertiary/aromatic N) is 1. The Morgan fingerprint density at radius 1 is 1.47 bits per heavy atom. The fourth-order valence-electron chi connectivity index (χ4n) is 2.35. The summed E-state index contributed by atoms with van der Waals surface area (Å²) in [6.07, 6.45) is 3.74. The molecule has 0 radical (unpaired) electrons. The van der Waals surface area contributed by atoms with Gasteiger partial charge in [0.25, 0.3) is 0 Å². The van der Waals surface area contributed by atoms with Gasteiger partial charge in [-0.1, -0.05) is 13.8 Å². The van der Waals surface area contributed by atoms with Gasteiger partial charge in [-0.25, -0.2) is 0 Å². The molecule has 0 bridgehead atoms. The van der Waals surface area contributed by atoms with Gasteiger partial charge in [0.2, 0.25) is 0 Å². The minimum absolute atomic E-state index is 0.00270. The van der Waals surface area contributed by atoms with Gasteiger partial charge in [0.05, 0.1) is 12.2 Å². The minimum atomic E-state index is -0.166. The van der Waals surface area contributed by atoms with Crippen molar-refractivity contribution in [3.05, 3.63) is 0 Å². The summed E-state index contributed by atoms with van der Waals surface area (Å²) in [5.41, 5.74) is 0.272. The first kappa shape index (κ1) is 10.9. The molecule has 0 saturated heterocycles. The molecule has 0 aliphatic heterocycles. The normalized spacial score (nSPS) is 35.3. The third-order valence-electron chi connectivity index (χ3n) is 4.35. The van der Waals surface area contributed by atoms with E-state index in [1.54, 1.807) is 0 Å². The fraction of sp³-hybridized carbons (Fsp3) is 0.917. The van der Waals surface area contributed by atoms with Gasteiger partial charge < -0.3 is 10.4 Å². The van der Waals surface area contributed by atoms with Crippen molar-refractivity contribution in [2.75, 3.05) is 6.54 Å². The molecular formula is C12H20N2O. The van der Waals surface area contributed by atoms with Crippen LogP contribution in [0.25, 0.3) is 0 Å². The number of nitrogens with one attached hydrogen (secondary N) is 1. The lowest BCUT2D eigenvalue weighted by Crippen LogP contribution is -2.60. The second kappa shape index (κ2) is 3.47. The first-order valence-corrected chi connectivity index (χ1v) is 5.79. The van der Waals surface area contributed by atoms with Crippen LogP contribution < -0.4 is 5.32 Å². The van der Waals surface area contributed by atoms with Crippen LogP contribution in [0.2, 0.25) is 0 Å². The van der Waals surface area contributed by atoms with E-state index in [4.69, 9.17) is 5.26 Å². The summed E-state index contributed by atoms with van der Waals surface area (Å²) >= 11 is 0. The largest absolute Gasteiger partial charge is 0.392 e. The molecule has 15 heavy (non-hydrogen) atoms.